The van der Waals surface area contributed by atoms with Crippen molar-refractivity contribution in [3.05, 3.63) is 48.0 Å². The Morgan fingerprint density at radius 1 is 1.21 bits per heavy atom. The summed E-state index contributed by atoms with van der Waals surface area (Å²) in [5.41, 5.74) is 3.08. The number of hydrogen-bond donors (Lipinski definition) is 2. The van der Waals surface area contributed by atoms with E-state index in [4.69, 9.17) is 4.99 Å². The molecule has 28 heavy (non-hydrogen) atoms. The summed E-state index contributed by atoms with van der Waals surface area (Å²) in [5.74, 6) is 0.996. The van der Waals surface area contributed by atoms with Gasteiger partial charge in [-0.05, 0) is 56.9 Å². The van der Waals surface area contributed by atoms with Crippen LogP contribution in [0.1, 0.15) is 45.1 Å². The first-order valence-corrected chi connectivity index (χ1v) is 10.5. The van der Waals surface area contributed by atoms with Gasteiger partial charge in [-0.1, -0.05) is 42.5 Å². The number of benzene rings is 1. The van der Waals surface area contributed by atoms with Crippen molar-refractivity contribution in [2.45, 2.75) is 52.0 Å². The molecule has 1 aliphatic carbocycles. The zero-order valence-corrected chi connectivity index (χ0v) is 19.9. The van der Waals surface area contributed by atoms with E-state index in [9.17, 15) is 0 Å². The van der Waals surface area contributed by atoms with Crippen molar-refractivity contribution in [1.82, 2.24) is 15.5 Å². The maximum absolute atomic E-state index is 4.97. The minimum absolute atomic E-state index is 0. The van der Waals surface area contributed by atoms with Gasteiger partial charge in [0.05, 0.1) is 0 Å². The summed E-state index contributed by atoms with van der Waals surface area (Å²) >= 11 is 0. The molecule has 1 aromatic carbocycles. The molecule has 2 aliphatic rings. The fourth-order valence-electron chi connectivity index (χ4n) is 3.97. The van der Waals surface area contributed by atoms with Crippen LogP contribution < -0.4 is 10.6 Å². The number of guanidine groups is 1. The number of nitrogens with one attached hydrogen (secondary N) is 2. The molecule has 1 saturated carbocycles. The summed E-state index contributed by atoms with van der Waals surface area (Å²) in [6, 6.07) is 11.4. The van der Waals surface area contributed by atoms with Crippen molar-refractivity contribution in [3.8, 4) is 0 Å². The van der Waals surface area contributed by atoms with Crippen molar-refractivity contribution >= 4 is 29.9 Å². The van der Waals surface area contributed by atoms with E-state index < -0.39 is 0 Å². The Labute approximate surface area is 188 Å². The highest BCUT2D eigenvalue weighted by Crippen LogP contribution is 2.48. The fraction of sp³-hybridized carbons (Fsp3) is 0.609. The van der Waals surface area contributed by atoms with Crippen LogP contribution in [-0.4, -0.2) is 49.6 Å². The van der Waals surface area contributed by atoms with Crippen LogP contribution in [0, 0.1) is 5.41 Å². The van der Waals surface area contributed by atoms with Gasteiger partial charge in [-0.2, -0.15) is 0 Å². The molecule has 1 saturated heterocycles. The van der Waals surface area contributed by atoms with Crippen LogP contribution in [-0.2, 0) is 6.42 Å². The summed E-state index contributed by atoms with van der Waals surface area (Å²) in [7, 11) is 0. The Hall–Kier alpha value is -1.08. The maximum atomic E-state index is 4.97. The van der Waals surface area contributed by atoms with Crippen LogP contribution in [0.3, 0.4) is 0 Å². The molecule has 1 heterocycles. The Bertz CT molecular complexity index is 631. The van der Waals surface area contributed by atoms with Crippen LogP contribution in [0.2, 0.25) is 0 Å². The van der Waals surface area contributed by atoms with Gasteiger partial charge in [0.15, 0.2) is 5.96 Å². The average Bonchev–Trinajstić information content (AvgIpc) is 3.42. The highest BCUT2D eigenvalue weighted by molar-refractivity contribution is 14.0. The van der Waals surface area contributed by atoms with Gasteiger partial charge < -0.3 is 10.6 Å². The second-order valence-corrected chi connectivity index (χ2v) is 8.51. The molecule has 1 aromatic rings. The lowest BCUT2D eigenvalue weighted by Gasteiger charge is -2.33. The Balaban J connectivity index is 0.00000280. The molecular formula is C23H37IN4. The predicted molar refractivity (Wildman–Crippen MR) is 131 cm³/mol. The van der Waals surface area contributed by atoms with Crippen LogP contribution in [0.25, 0.3) is 0 Å². The number of aliphatic imine (C=N–C) groups is 1. The lowest BCUT2D eigenvalue weighted by atomic mass is 9.97. The molecule has 0 radical (unpaired) electrons. The molecule has 0 spiro atoms. The predicted octanol–water partition coefficient (Wildman–Crippen LogP) is 4.22. The van der Waals surface area contributed by atoms with Crippen LogP contribution in [0.15, 0.2) is 47.5 Å². The molecule has 0 bridgehead atoms. The quantitative estimate of drug-likeness (QED) is 0.245. The molecule has 0 aromatic heterocycles. The second kappa shape index (κ2) is 11.2. The van der Waals surface area contributed by atoms with Crippen LogP contribution >= 0.6 is 24.0 Å². The number of halogens is 1. The third-order valence-corrected chi connectivity index (χ3v) is 5.72. The molecule has 1 aliphatic heterocycles. The lowest BCUT2D eigenvalue weighted by molar-refractivity contribution is 0.221. The van der Waals surface area contributed by atoms with Gasteiger partial charge in [0, 0.05) is 38.8 Å². The van der Waals surface area contributed by atoms with E-state index in [0.717, 1.165) is 45.1 Å². The van der Waals surface area contributed by atoms with Crippen molar-refractivity contribution in [3.63, 3.8) is 0 Å². The third kappa shape index (κ3) is 7.39. The van der Waals surface area contributed by atoms with E-state index in [-0.39, 0.29) is 24.0 Å². The molecule has 2 N–H and O–H groups in total. The Morgan fingerprint density at radius 3 is 2.46 bits per heavy atom. The van der Waals surface area contributed by atoms with Gasteiger partial charge >= 0.3 is 0 Å². The van der Waals surface area contributed by atoms with Gasteiger partial charge in [-0.15, -0.1) is 24.0 Å². The number of piperidine rings is 1. The maximum Gasteiger partial charge on any atom is 0.191 e. The topological polar surface area (TPSA) is 39.7 Å². The molecule has 3 rings (SSSR count). The zero-order valence-electron chi connectivity index (χ0n) is 17.5. The fourth-order valence-corrected chi connectivity index (χ4v) is 3.97. The van der Waals surface area contributed by atoms with Gasteiger partial charge in [-0.3, -0.25) is 9.89 Å². The highest BCUT2D eigenvalue weighted by Gasteiger charge is 2.42. The minimum Gasteiger partial charge on any atom is -0.357 e. The number of rotatable bonds is 8. The van der Waals surface area contributed by atoms with Gasteiger partial charge in [0.25, 0.3) is 0 Å². The number of likely N-dealkylation sites (tertiary alicyclic amines) is 1. The summed E-state index contributed by atoms with van der Waals surface area (Å²) in [5, 5.41) is 7.13. The van der Waals surface area contributed by atoms with Gasteiger partial charge in [0.2, 0.25) is 0 Å². The van der Waals surface area contributed by atoms with E-state index in [1.807, 2.05) is 0 Å². The largest absolute Gasteiger partial charge is 0.357 e. The monoisotopic (exact) mass is 496 g/mol. The van der Waals surface area contributed by atoms with Crippen molar-refractivity contribution in [1.29, 1.82) is 0 Å². The van der Waals surface area contributed by atoms with Gasteiger partial charge in [0.1, 0.15) is 0 Å². The standard InChI is InChI=1S/C23H36N4.HI/c1-4-24-22(26-21-10-14-27(15-11-21)17-19(2)3)25-18-23(12-13-23)16-20-8-6-5-7-9-20;/h5-9,21H,2,4,10-18H2,1,3H3,(H2,24,25,26);1H. The van der Waals surface area contributed by atoms with Crippen molar-refractivity contribution < 1.29 is 0 Å². The number of nitrogens with zero attached hydrogens (tertiary/aromatic N) is 2. The molecule has 0 amide bonds. The van der Waals surface area contributed by atoms with E-state index in [2.05, 4.69) is 66.3 Å². The average molecular weight is 496 g/mol. The van der Waals surface area contributed by atoms with E-state index >= 15 is 0 Å². The SMILES string of the molecule is C=C(C)CN1CCC(NC(=NCC2(Cc3ccccc3)CC2)NCC)CC1.I. The van der Waals surface area contributed by atoms with E-state index in [1.54, 1.807) is 0 Å². The van der Waals surface area contributed by atoms with Crippen molar-refractivity contribution in [2.75, 3.05) is 32.7 Å². The number of hydrogen-bond acceptors (Lipinski definition) is 2. The molecule has 0 unspecified atom stereocenters. The molecule has 2 fully saturated rings. The molecule has 0 atom stereocenters. The zero-order chi connectivity index (χ0) is 19.1. The Kier molecular flexibility index (Phi) is 9.28. The summed E-state index contributed by atoms with van der Waals surface area (Å²) in [6.45, 7) is 13.4. The summed E-state index contributed by atoms with van der Waals surface area (Å²) in [4.78, 5) is 7.48. The molecule has 4 nitrogen and oxygen atoms in total. The normalized spacial score (nSPS) is 19.6. The van der Waals surface area contributed by atoms with Gasteiger partial charge in [-0.25, -0.2) is 0 Å². The first-order valence-electron chi connectivity index (χ1n) is 10.5. The Morgan fingerprint density at radius 2 is 1.89 bits per heavy atom. The highest BCUT2D eigenvalue weighted by atomic mass is 127. The van der Waals surface area contributed by atoms with Crippen LogP contribution in [0.5, 0.6) is 0 Å². The van der Waals surface area contributed by atoms with Crippen LogP contribution in [0.4, 0.5) is 0 Å². The third-order valence-electron chi connectivity index (χ3n) is 5.72. The molecule has 156 valence electrons. The van der Waals surface area contributed by atoms with Crippen molar-refractivity contribution in [2.24, 2.45) is 10.4 Å². The first kappa shape index (κ1) is 23.2. The summed E-state index contributed by atoms with van der Waals surface area (Å²) in [6.07, 6.45) is 6.09. The second-order valence-electron chi connectivity index (χ2n) is 8.51. The van der Waals surface area contributed by atoms with E-state index in [1.165, 1.54) is 36.8 Å². The lowest BCUT2D eigenvalue weighted by Crippen LogP contribution is -2.49. The minimum atomic E-state index is 0. The molecular weight excluding hydrogens is 459 g/mol. The smallest absolute Gasteiger partial charge is 0.191 e. The summed E-state index contributed by atoms with van der Waals surface area (Å²) < 4.78 is 0. The van der Waals surface area contributed by atoms with E-state index in [0.29, 0.717) is 11.5 Å². The molecule has 5 heteroatoms. The first-order chi connectivity index (χ1) is 13.1.